The molecule has 1 unspecified atom stereocenters. The van der Waals surface area contributed by atoms with Gasteiger partial charge in [0.25, 0.3) is 0 Å². The summed E-state index contributed by atoms with van der Waals surface area (Å²) in [6, 6.07) is 29.9. The van der Waals surface area contributed by atoms with Gasteiger partial charge in [-0.25, -0.2) is 0 Å². The molecule has 184 valence electrons. The number of fused-ring (bicyclic) bond motifs is 1. The minimum Gasteiger partial charge on any atom is -0.481 e. The molecule has 4 rings (SSSR count). The molecule has 0 aliphatic carbocycles. The monoisotopic (exact) mass is 481 g/mol. The summed E-state index contributed by atoms with van der Waals surface area (Å²) in [5, 5.41) is 14.1. The van der Waals surface area contributed by atoms with Crippen LogP contribution in [0.25, 0.3) is 10.8 Å². The summed E-state index contributed by atoms with van der Waals surface area (Å²) in [4.78, 5) is 23.8. The molecule has 5 heteroatoms. The quantitative estimate of drug-likeness (QED) is 0.250. The van der Waals surface area contributed by atoms with Crippen molar-refractivity contribution < 1.29 is 19.4 Å². The van der Waals surface area contributed by atoms with E-state index >= 15 is 0 Å². The molecule has 0 saturated carbocycles. The summed E-state index contributed by atoms with van der Waals surface area (Å²) in [5.41, 5.74) is 4.84. The topological polar surface area (TPSA) is 75.6 Å². The predicted molar refractivity (Wildman–Crippen MR) is 143 cm³/mol. The van der Waals surface area contributed by atoms with Crippen molar-refractivity contribution in [1.29, 1.82) is 0 Å². The van der Waals surface area contributed by atoms with Crippen LogP contribution in [0.4, 0.5) is 5.69 Å². The average Bonchev–Trinajstić information content (AvgIpc) is 2.89. The van der Waals surface area contributed by atoms with Gasteiger partial charge >= 0.3 is 5.97 Å². The van der Waals surface area contributed by atoms with Gasteiger partial charge in [0.15, 0.2) is 0 Å². The zero-order valence-corrected chi connectivity index (χ0v) is 20.4. The Morgan fingerprint density at radius 1 is 0.833 bits per heavy atom. The number of amides is 1. The number of carbonyl (C=O) groups excluding carboxylic acids is 1. The number of hydrogen-bond donors (Lipinski definition) is 2. The number of nitrogens with one attached hydrogen (secondary N) is 1. The third-order valence-corrected chi connectivity index (χ3v) is 6.36. The van der Waals surface area contributed by atoms with E-state index in [1.54, 1.807) is 0 Å². The first-order valence-electron chi connectivity index (χ1n) is 12.2. The number of carbonyl (C=O) groups is 2. The zero-order chi connectivity index (χ0) is 25.3. The molecule has 36 heavy (non-hydrogen) atoms. The fraction of sp³-hybridized carbons (Fsp3) is 0.226. The van der Waals surface area contributed by atoms with Crippen LogP contribution in [0.3, 0.4) is 0 Å². The summed E-state index contributed by atoms with van der Waals surface area (Å²) >= 11 is 0. The summed E-state index contributed by atoms with van der Waals surface area (Å²) in [7, 11) is 0. The lowest BCUT2D eigenvalue weighted by molar-refractivity contribution is -0.137. The highest BCUT2D eigenvalue weighted by Gasteiger charge is 2.18. The molecule has 1 amide bonds. The highest BCUT2D eigenvalue weighted by molar-refractivity contribution is 5.99. The molecule has 1 atom stereocenters. The number of hydrogen-bond acceptors (Lipinski definition) is 3. The maximum absolute atomic E-state index is 13.2. The average molecular weight is 482 g/mol. The van der Waals surface area contributed by atoms with E-state index in [9.17, 15) is 9.59 Å². The molecule has 0 saturated heterocycles. The highest BCUT2D eigenvalue weighted by Crippen LogP contribution is 2.27. The molecule has 0 radical (unpaired) electrons. The van der Waals surface area contributed by atoms with Crippen molar-refractivity contribution in [3.05, 3.63) is 113 Å². The number of carboxylic acids is 1. The Labute approximate surface area is 211 Å². The Morgan fingerprint density at radius 2 is 1.53 bits per heavy atom. The Hall–Kier alpha value is -3.96. The number of aliphatic carboxylic acids is 1. The van der Waals surface area contributed by atoms with E-state index < -0.39 is 5.97 Å². The summed E-state index contributed by atoms with van der Waals surface area (Å²) in [6.07, 6.45) is 1.56. The fourth-order valence-corrected chi connectivity index (χ4v) is 4.30. The first kappa shape index (κ1) is 25.1. The van der Waals surface area contributed by atoms with Gasteiger partial charge in [-0.1, -0.05) is 84.9 Å². The Kier molecular flexibility index (Phi) is 8.48. The van der Waals surface area contributed by atoms with Gasteiger partial charge < -0.3 is 15.2 Å². The van der Waals surface area contributed by atoms with E-state index in [4.69, 9.17) is 9.84 Å². The second kappa shape index (κ2) is 12.1. The minimum absolute atomic E-state index is 0.0581. The molecular formula is C31H31NO4. The number of aryl methyl sites for hydroxylation is 1. The van der Waals surface area contributed by atoms with Gasteiger partial charge in [0.05, 0.1) is 19.1 Å². The lowest BCUT2D eigenvalue weighted by Gasteiger charge is -2.17. The second-order valence-corrected chi connectivity index (χ2v) is 8.99. The van der Waals surface area contributed by atoms with Crippen LogP contribution in [-0.4, -0.2) is 17.0 Å². The molecular weight excluding hydrogens is 450 g/mol. The molecule has 5 nitrogen and oxygen atoms in total. The number of ether oxygens (including phenoxy) is 1. The number of anilines is 1. The molecule has 0 fully saturated rings. The van der Waals surface area contributed by atoms with Crippen molar-refractivity contribution in [3.8, 4) is 0 Å². The van der Waals surface area contributed by atoms with Crippen molar-refractivity contribution in [2.45, 2.75) is 45.3 Å². The molecule has 0 bridgehead atoms. The van der Waals surface area contributed by atoms with Crippen LogP contribution in [0, 0.1) is 0 Å². The molecule has 0 aliphatic rings. The van der Waals surface area contributed by atoms with Gasteiger partial charge in [0.1, 0.15) is 0 Å². The van der Waals surface area contributed by atoms with Gasteiger partial charge in [-0.2, -0.15) is 0 Å². The third-order valence-electron chi connectivity index (χ3n) is 6.36. The maximum atomic E-state index is 13.2. The van der Waals surface area contributed by atoms with Crippen LogP contribution in [-0.2, 0) is 34.0 Å². The SMILES string of the molecule is CC(C(=O)Nc1ccccc1COCc1ccc(CCCC(=O)O)cc1)c1cccc2ccccc12. The number of carboxylic acid groups (broad SMARTS) is 1. The van der Waals surface area contributed by atoms with Gasteiger partial charge in [-0.15, -0.1) is 0 Å². The summed E-state index contributed by atoms with van der Waals surface area (Å²) < 4.78 is 5.95. The minimum atomic E-state index is -0.764. The first-order valence-corrected chi connectivity index (χ1v) is 12.2. The van der Waals surface area contributed by atoms with Gasteiger partial charge in [0.2, 0.25) is 5.91 Å². The third kappa shape index (κ3) is 6.58. The van der Waals surface area contributed by atoms with Gasteiger partial charge in [0, 0.05) is 17.7 Å². The van der Waals surface area contributed by atoms with Crippen LogP contribution in [0.5, 0.6) is 0 Å². The number of rotatable bonds is 11. The van der Waals surface area contributed by atoms with Crippen LogP contribution >= 0.6 is 0 Å². The Morgan fingerprint density at radius 3 is 2.33 bits per heavy atom. The fourth-order valence-electron chi connectivity index (χ4n) is 4.30. The molecule has 0 heterocycles. The Balaban J connectivity index is 1.35. The van der Waals surface area contributed by atoms with Crippen molar-refractivity contribution >= 4 is 28.3 Å². The second-order valence-electron chi connectivity index (χ2n) is 8.99. The van der Waals surface area contributed by atoms with E-state index in [1.165, 1.54) is 0 Å². The van der Waals surface area contributed by atoms with Crippen LogP contribution < -0.4 is 5.32 Å². The first-order chi connectivity index (χ1) is 17.5. The summed E-state index contributed by atoms with van der Waals surface area (Å²) in [6.45, 7) is 2.76. The number of para-hydroxylation sites is 1. The van der Waals surface area contributed by atoms with E-state index in [0.717, 1.165) is 45.1 Å². The van der Waals surface area contributed by atoms with E-state index in [0.29, 0.717) is 19.6 Å². The predicted octanol–water partition coefficient (Wildman–Crippen LogP) is 6.71. The maximum Gasteiger partial charge on any atom is 0.303 e. The van der Waals surface area contributed by atoms with Crippen molar-refractivity contribution in [2.24, 2.45) is 0 Å². The van der Waals surface area contributed by atoms with Crippen LogP contribution in [0.2, 0.25) is 0 Å². The van der Waals surface area contributed by atoms with Crippen molar-refractivity contribution in [3.63, 3.8) is 0 Å². The molecule has 0 aromatic heterocycles. The molecule has 4 aromatic carbocycles. The highest BCUT2D eigenvalue weighted by atomic mass is 16.5. The zero-order valence-electron chi connectivity index (χ0n) is 20.4. The van der Waals surface area contributed by atoms with E-state index in [-0.39, 0.29) is 18.2 Å². The van der Waals surface area contributed by atoms with Crippen LogP contribution in [0.1, 0.15) is 47.9 Å². The lowest BCUT2D eigenvalue weighted by atomic mass is 9.94. The standard InChI is InChI=1S/C31H31NO4/c1-22(27-13-7-11-25-9-2-4-12-28(25)27)31(35)32-29-14-5-3-10-26(29)21-36-20-24-18-16-23(17-19-24)8-6-15-30(33)34/h2-5,7,9-14,16-19,22H,6,8,15,20-21H2,1H3,(H,32,35)(H,33,34). The van der Waals surface area contributed by atoms with Crippen molar-refractivity contribution in [2.75, 3.05) is 5.32 Å². The molecule has 4 aromatic rings. The van der Waals surface area contributed by atoms with Gasteiger partial charge in [-0.3, -0.25) is 9.59 Å². The van der Waals surface area contributed by atoms with E-state index in [2.05, 4.69) is 23.5 Å². The Bertz CT molecular complexity index is 1320. The molecule has 0 spiro atoms. The molecule has 2 N–H and O–H groups in total. The summed E-state index contributed by atoms with van der Waals surface area (Å²) in [5.74, 6) is -1.13. The smallest absolute Gasteiger partial charge is 0.303 e. The normalized spacial score (nSPS) is 11.8. The lowest BCUT2D eigenvalue weighted by Crippen LogP contribution is -2.20. The van der Waals surface area contributed by atoms with Crippen LogP contribution in [0.15, 0.2) is 91.0 Å². The van der Waals surface area contributed by atoms with E-state index in [1.807, 2.05) is 79.7 Å². The van der Waals surface area contributed by atoms with Gasteiger partial charge in [-0.05, 0) is 53.3 Å². The molecule has 0 aliphatic heterocycles. The number of benzene rings is 4. The largest absolute Gasteiger partial charge is 0.481 e. The van der Waals surface area contributed by atoms with Crippen molar-refractivity contribution in [1.82, 2.24) is 0 Å².